The van der Waals surface area contributed by atoms with Gasteiger partial charge in [-0.05, 0) is 101 Å². The largest absolute Gasteiger partial charge is 0.329 e. The normalized spacial score (nSPS) is 19.1. The minimum atomic E-state index is -0.507. The van der Waals surface area contributed by atoms with E-state index in [1.807, 2.05) is 0 Å². The fraction of sp³-hybridized carbons (Fsp3) is 0.131. The summed E-state index contributed by atoms with van der Waals surface area (Å²) in [6.07, 6.45) is 14.7. The Morgan fingerprint density at radius 1 is 0.554 bits per heavy atom. The van der Waals surface area contributed by atoms with Crippen LogP contribution in [0.2, 0.25) is 0 Å². The van der Waals surface area contributed by atoms with Crippen molar-refractivity contribution in [3.63, 3.8) is 0 Å². The fourth-order valence-corrected chi connectivity index (χ4v) is 10.9. The first-order chi connectivity index (χ1) is 32.0. The summed E-state index contributed by atoms with van der Waals surface area (Å²) >= 11 is 0. The van der Waals surface area contributed by atoms with Crippen LogP contribution in [0.4, 0.5) is 11.4 Å². The molecule has 12 rings (SSSR count). The molecule has 0 saturated carbocycles. The Balaban J connectivity index is 1.03. The quantitative estimate of drug-likeness (QED) is 0.161. The van der Waals surface area contributed by atoms with Crippen molar-refractivity contribution in [3.8, 4) is 56.2 Å². The Labute approximate surface area is 381 Å². The second kappa shape index (κ2) is 15.8. The van der Waals surface area contributed by atoms with E-state index in [2.05, 4.69) is 225 Å². The zero-order valence-electron chi connectivity index (χ0n) is 36.7. The maximum Gasteiger partial charge on any atom is 0.160 e. The SMILES string of the molecule is CC1C=C(N2c3ccccc3C3c4ccccc4N=C(c4ccc(-c5nc(-c6ccc(-c7ccccc7)cc6)cc(-c6ccc(-c7ccccc7)cc6)n5)c5c4C=CCC5)C32C)C=CC1. The molecule has 3 heterocycles. The molecule has 8 aromatic rings. The molecular weight excluding hydrogens is 789 g/mol. The summed E-state index contributed by atoms with van der Waals surface area (Å²) < 4.78 is 0. The highest BCUT2D eigenvalue weighted by molar-refractivity contribution is 6.17. The topological polar surface area (TPSA) is 41.4 Å². The van der Waals surface area contributed by atoms with E-state index in [4.69, 9.17) is 15.0 Å². The number of fused-ring (bicyclic) bond motifs is 6. The van der Waals surface area contributed by atoms with Crippen molar-refractivity contribution < 1.29 is 0 Å². The lowest BCUT2D eigenvalue weighted by Crippen LogP contribution is -2.54. The maximum atomic E-state index is 5.71. The highest BCUT2D eigenvalue weighted by Gasteiger charge is 2.56. The minimum Gasteiger partial charge on any atom is -0.329 e. The van der Waals surface area contributed by atoms with Crippen LogP contribution in [0, 0.1) is 5.92 Å². The number of benzene rings is 7. The van der Waals surface area contributed by atoms with Gasteiger partial charge in [0.2, 0.25) is 0 Å². The lowest BCUT2D eigenvalue weighted by molar-refractivity contribution is 0.549. The molecule has 2 aliphatic carbocycles. The van der Waals surface area contributed by atoms with E-state index in [1.165, 1.54) is 55.9 Å². The Hall–Kier alpha value is -7.69. The van der Waals surface area contributed by atoms with Crippen molar-refractivity contribution >= 4 is 23.2 Å². The summed E-state index contributed by atoms with van der Waals surface area (Å²) in [5.74, 6) is 1.26. The van der Waals surface area contributed by atoms with Crippen LogP contribution < -0.4 is 4.90 Å². The molecule has 2 aliphatic heterocycles. The molecule has 312 valence electrons. The van der Waals surface area contributed by atoms with Crippen molar-refractivity contribution in [3.05, 3.63) is 234 Å². The van der Waals surface area contributed by atoms with Crippen molar-refractivity contribution in [2.24, 2.45) is 10.9 Å². The number of rotatable bonds is 7. The molecule has 0 saturated heterocycles. The third-order valence-electron chi connectivity index (χ3n) is 14.0. The second-order valence-electron chi connectivity index (χ2n) is 18.0. The zero-order chi connectivity index (χ0) is 43.5. The second-order valence-corrected chi connectivity index (χ2v) is 18.0. The van der Waals surface area contributed by atoms with Crippen LogP contribution in [0.1, 0.15) is 60.4 Å². The molecule has 4 heteroatoms. The Bertz CT molecular complexity index is 3150. The van der Waals surface area contributed by atoms with E-state index in [1.54, 1.807) is 0 Å². The number of hydrogen-bond acceptors (Lipinski definition) is 4. The minimum absolute atomic E-state index is 0.0842. The van der Waals surface area contributed by atoms with Gasteiger partial charge in [0, 0.05) is 39.6 Å². The predicted molar refractivity (Wildman–Crippen MR) is 269 cm³/mol. The van der Waals surface area contributed by atoms with Gasteiger partial charge in [0.15, 0.2) is 5.82 Å². The van der Waals surface area contributed by atoms with E-state index in [0.717, 1.165) is 70.1 Å². The summed E-state index contributed by atoms with van der Waals surface area (Å²) in [5, 5.41) is 0. The van der Waals surface area contributed by atoms with Gasteiger partial charge in [0.25, 0.3) is 0 Å². The smallest absolute Gasteiger partial charge is 0.160 e. The first-order valence-electron chi connectivity index (χ1n) is 23.0. The van der Waals surface area contributed by atoms with Crippen LogP contribution in [-0.4, -0.2) is 21.2 Å². The van der Waals surface area contributed by atoms with Gasteiger partial charge in [0.1, 0.15) is 0 Å². The number of allylic oxidation sites excluding steroid dienone is 4. The summed E-state index contributed by atoms with van der Waals surface area (Å²) in [6, 6.07) is 63.2. The average molecular weight is 837 g/mol. The molecule has 3 atom stereocenters. The van der Waals surface area contributed by atoms with Gasteiger partial charge < -0.3 is 4.90 Å². The molecular formula is C61H48N4. The first kappa shape index (κ1) is 38.9. The summed E-state index contributed by atoms with van der Waals surface area (Å²) in [5.41, 5.74) is 20.1. The Kier molecular flexibility index (Phi) is 9.49. The molecule has 0 bridgehead atoms. The van der Waals surface area contributed by atoms with Crippen LogP contribution >= 0.6 is 0 Å². The molecule has 7 aromatic carbocycles. The first-order valence-corrected chi connectivity index (χ1v) is 23.0. The zero-order valence-corrected chi connectivity index (χ0v) is 36.7. The van der Waals surface area contributed by atoms with Crippen LogP contribution in [0.15, 0.2) is 211 Å². The van der Waals surface area contributed by atoms with Crippen molar-refractivity contribution in [1.82, 2.24) is 9.97 Å². The molecule has 0 radical (unpaired) electrons. The van der Waals surface area contributed by atoms with Crippen LogP contribution in [0.5, 0.6) is 0 Å². The maximum absolute atomic E-state index is 5.71. The Morgan fingerprint density at radius 3 is 1.78 bits per heavy atom. The van der Waals surface area contributed by atoms with E-state index in [9.17, 15) is 0 Å². The van der Waals surface area contributed by atoms with E-state index >= 15 is 0 Å². The van der Waals surface area contributed by atoms with Gasteiger partial charge in [-0.25, -0.2) is 15.0 Å². The van der Waals surface area contributed by atoms with Crippen molar-refractivity contribution in [2.75, 3.05) is 4.90 Å². The summed E-state index contributed by atoms with van der Waals surface area (Å²) in [4.78, 5) is 19.2. The van der Waals surface area contributed by atoms with Gasteiger partial charge in [-0.15, -0.1) is 0 Å². The van der Waals surface area contributed by atoms with Crippen molar-refractivity contribution in [2.45, 2.75) is 44.6 Å². The van der Waals surface area contributed by atoms with Crippen LogP contribution in [0.25, 0.3) is 62.2 Å². The Morgan fingerprint density at radius 2 is 1.12 bits per heavy atom. The fourth-order valence-electron chi connectivity index (χ4n) is 10.9. The van der Waals surface area contributed by atoms with E-state index in [-0.39, 0.29) is 5.92 Å². The van der Waals surface area contributed by atoms with Gasteiger partial charge in [0.05, 0.1) is 28.3 Å². The van der Waals surface area contributed by atoms with Gasteiger partial charge in [-0.1, -0.05) is 189 Å². The highest BCUT2D eigenvalue weighted by Crippen LogP contribution is 2.58. The number of para-hydroxylation sites is 2. The van der Waals surface area contributed by atoms with Gasteiger partial charge in [-0.3, -0.25) is 0 Å². The molecule has 0 N–H and O–H groups in total. The van der Waals surface area contributed by atoms with Gasteiger partial charge >= 0.3 is 0 Å². The summed E-state index contributed by atoms with van der Waals surface area (Å²) in [7, 11) is 0. The summed E-state index contributed by atoms with van der Waals surface area (Å²) in [6.45, 7) is 4.75. The van der Waals surface area contributed by atoms with E-state index in [0.29, 0.717) is 5.92 Å². The lowest BCUT2D eigenvalue weighted by atomic mass is 9.70. The number of aliphatic imine (C=N–C) groups is 1. The molecule has 0 amide bonds. The van der Waals surface area contributed by atoms with Crippen LogP contribution in [-0.2, 0) is 6.42 Å². The molecule has 65 heavy (non-hydrogen) atoms. The lowest BCUT2D eigenvalue weighted by Gasteiger charge is -2.46. The third-order valence-corrected chi connectivity index (χ3v) is 14.0. The molecule has 3 unspecified atom stereocenters. The third kappa shape index (κ3) is 6.63. The highest BCUT2D eigenvalue weighted by atomic mass is 15.3. The number of aromatic nitrogens is 2. The molecule has 1 aromatic heterocycles. The van der Waals surface area contributed by atoms with Crippen LogP contribution in [0.3, 0.4) is 0 Å². The monoisotopic (exact) mass is 836 g/mol. The molecule has 0 spiro atoms. The number of nitrogens with zero attached hydrogens (tertiary/aromatic N) is 4. The average Bonchev–Trinajstić information content (AvgIpc) is 3.65. The molecule has 0 fully saturated rings. The standard InChI is InChI=1S/C61H48N4/c1-40-16-15-21-47(38-40)65-57-27-14-12-25-53(57)58-52-24-11-13-26-54(52)62-59(61(58,65)2)50-36-37-51(49-23-10-9-22-48(49)50)60-63-55(45-32-28-43(29-33-45)41-17-5-3-6-18-41)39-56(64-60)46-34-30-44(31-35-46)42-19-7-4-8-20-42/h3-9,11-15,17-22,24-40,58H,10,16,23H2,1-2H3. The predicted octanol–water partition coefficient (Wildman–Crippen LogP) is 15.1. The number of anilines is 1. The van der Waals surface area contributed by atoms with Gasteiger partial charge in [-0.2, -0.15) is 0 Å². The van der Waals surface area contributed by atoms with Crippen molar-refractivity contribution in [1.29, 1.82) is 0 Å². The number of hydrogen-bond donors (Lipinski definition) is 0. The molecule has 4 aliphatic rings. The molecule has 4 nitrogen and oxygen atoms in total. The van der Waals surface area contributed by atoms with E-state index < -0.39 is 5.54 Å².